The number of para-hydroxylation sites is 2. The Bertz CT molecular complexity index is 2460. The number of nitrogens with zero attached hydrogens (tertiary/aromatic N) is 7. The standard InChI is InChI=1S/C42H49N7O17S/c1-42(2,3)31-14-16-32(17-15-31)67(56,57)47(28-63-41(51)62-22-20-59-21-25-64-48(52)53)39-36(66-34-9-6-5-8-33(34)58-4)40(46-38(45-39)37-43-18-7-19-44-37)61-24-23-60-35(50)26-29-10-12-30(13-11-29)27-65-49(54)55/h5-19,52-55H,20-28H2,1-4H3. The van der Waals surface area contributed by atoms with E-state index in [9.17, 15) is 18.0 Å². The van der Waals surface area contributed by atoms with Crippen LogP contribution in [0.1, 0.15) is 37.5 Å². The zero-order chi connectivity index (χ0) is 48.4. The summed E-state index contributed by atoms with van der Waals surface area (Å²) in [6, 6.07) is 20.5. The molecule has 0 unspecified atom stereocenters. The van der Waals surface area contributed by atoms with Crippen molar-refractivity contribution in [1.29, 1.82) is 0 Å². The van der Waals surface area contributed by atoms with Crippen molar-refractivity contribution in [2.45, 2.75) is 44.1 Å². The third kappa shape index (κ3) is 15.7. The monoisotopic (exact) mass is 955 g/mol. The van der Waals surface area contributed by atoms with E-state index in [1.165, 1.54) is 43.8 Å². The maximum absolute atomic E-state index is 14.9. The largest absolute Gasteiger partial charge is 0.510 e. The Balaban J connectivity index is 1.51. The number of anilines is 1. The molecule has 0 atom stereocenters. The van der Waals surface area contributed by atoms with Gasteiger partial charge in [-0.15, -0.1) is 0 Å². The lowest BCUT2D eigenvalue weighted by molar-refractivity contribution is -0.497. The number of carbonyl (C=O) groups is 2. The van der Waals surface area contributed by atoms with Crippen molar-refractivity contribution in [3.05, 3.63) is 108 Å². The molecule has 2 aromatic heterocycles. The maximum Gasteiger partial charge on any atom is 0.510 e. The Hall–Kier alpha value is -6.65. The highest BCUT2D eigenvalue weighted by molar-refractivity contribution is 7.92. The molecule has 0 aliphatic carbocycles. The second-order valence-corrected chi connectivity index (χ2v) is 16.5. The molecule has 67 heavy (non-hydrogen) atoms. The van der Waals surface area contributed by atoms with Gasteiger partial charge in [-0.05, 0) is 52.4 Å². The molecule has 5 aromatic rings. The molecule has 0 radical (unpaired) electrons. The highest BCUT2D eigenvalue weighted by Crippen LogP contribution is 2.43. The molecule has 0 fully saturated rings. The zero-order valence-corrected chi connectivity index (χ0v) is 37.5. The van der Waals surface area contributed by atoms with Crippen molar-refractivity contribution >= 4 is 28.0 Å². The summed E-state index contributed by atoms with van der Waals surface area (Å²) >= 11 is 0. The second kappa shape index (κ2) is 24.8. The predicted molar refractivity (Wildman–Crippen MR) is 227 cm³/mol. The quantitative estimate of drug-likeness (QED) is 0.0258. The minimum absolute atomic E-state index is 0.0563. The predicted octanol–water partition coefficient (Wildman–Crippen LogP) is 5.04. The number of ether oxygens (including phenoxy) is 7. The van der Waals surface area contributed by atoms with Gasteiger partial charge in [0, 0.05) is 12.4 Å². The molecule has 5 rings (SSSR count). The first kappa shape index (κ1) is 51.3. The molecule has 360 valence electrons. The van der Waals surface area contributed by atoms with Crippen LogP contribution in [-0.4, -0.2) is 126 Å². The molecule has 0 saturated heterocycles. The highest BCUT2D eigenvalue weighted by Gasteiger charge is 2.35. The molecule has 0 saturated carbocycles. The number of hydrogen-bond donors (Lipinski definition) is 4. The molecular weight excluding hydrogens is 907 g/mol. The van der Waals surface area contributed by atoms with E-state index in [4.69, 9.17) is 54.0 Å². The van der Waals surface area contributed by atoms with Crippen molar-refractivity contribution in [2.75, 3.05) is 57.8 Å². The Morgan fingerprint density at radius 1 is 0.687 bits per heavy atom. The van der Waals surface area contributed by atoms with E-state index in [2.05, 4.69) is 29.6 Å². The third-order valence-electron chi connectivity index (χ3n) is 8.89. The van der Waals surface area contributed by atoms with Crippen LogP contribution in [0.2, 0.25) is 0 Å². The summed E-state index contributed by atoms with van der Waals surface area (Å²) in [5.41, 5.74) is 1.65. The van der Waals surface area contributed by atoms with Crippen LogP contribution in [0.5, 0.6) is 23.1 Å². The number of rotatable bonds is 25. The average Bonchev–Trinajstić information content (AvgIpc) is 3.30. The minimum atomic E-state index is -4.76. The Labute approximate surface area is 384 Å². The highest BCUT2D eigenvalue weighted by atomic mass is 32.2. The van der Waals surface area contributed by atoms with Gasteiger partial charge in [-0.3, -0.25) is 25.6 Å². The van der Waals surface area contributed by atoms with Crippen molar-refractivity contribution < 1.29 is 81.7 Å². The number of sulfonamides is 1. The number of carbonyl (C=O) groups excluding carboxylic acids is 2. The molecule has 4 N–H and O–H groups in total. The Morgan fingerprint density at radius 2 is 1.33 bits per heavy atom. The van der Waals surface area contributed by atoms with Crippen LogP contribution in [0, 0.1) is 0 Å². The maximum atomic E-state index is 14.9. The van der Waals surface area contributed by atoms with Gasteiger partial charge in [0.25, 0.3) is 15.9 Å². The van der Waals surface area contributed by atoms with Gasteiger partial charge in [-0.25, -0.2) is 42.1 Å². The summed E-state index contributed by atoms with van der Waals surface area (Å²) in [6.45, 7) is 3.13. The summed E-state index contributed by atoms with van der Waals surface area (Å²) < 4.78 is 69.5. The number of methoxy groups -OCH3 is 1. The van der Waals surface area contributed by atoms with E-state index in [1.54, 1.807) is 54.6 Å². The van der Waals surface area contributed by atoms with Gasteiger partial charge in [-0.2, -0.15) is 4.98 Å². The smallest absolute Gasteiger partial charge is 0.493 e. The van der Waals surface area contributed by atoms with E-state index in [-0.39, 0.29) is 92.0 Å². The summed E-state index contributed by atoms with van der Waals surface area (Å²) in [5.74, 6) is -2.02. The fraction of sp³-hybridized carbons (Fsp3) is 0.333. The van der Waals surface area contributed by atoms with Crippen LogP contribution >= 0.6 is 0 Å². The zero-order valence-electron chi connectivity index (χ0n) is 36.7. The second-order valence-electron chi connectivity index (χ2n) is 14.6. The SMILES string of the molecule is COc1ccccc1Oc1c(OCCOC(=O)Cc2ccc(CON(O)O)cc2)nc(-c2ncccn2)nc1N(COC(=O)OCCOCCON(O)O)S(=O)(=O)c1ccc(C(C)(C)C)cc1. The first-order valence-corrected chi connectivity index (χ1v) is 21.5. The molecule has 0 amide bonds. The summed E-state index contributed by atoms with van der Waals surface area (Å²) in [7, 11) is -3.37. The lowest BCUT2D eigenvalue weighted by Crippen LogP contribution is -2.36. The summed E-state index contributed by atoms with van der Waals surface area (Å²) in [6.07, 6.45) is 1.36. The van der Waals surface area contributed by atoms with Gasteiger partial charge in [0.05, 0.1) is 55.6 Å². The molecule has 3 aromatic carbocycles. The van der Waals surface area contributed by atoms with Crippen molar-refractivity contribution in [3.63, 3.8) is 0 Å². The van der Waals surface area contributed by atoms with Gasteiger partial charge >= 0.3 is 12.1 Å². The third-order valence-corrected chi connectivity index (χ3v) is 10.6. The molecule has 0 spiro atoms. The van der Waals surface area contributed by atoms with Crippen LogP contribution in [0.25, 0.3) is 11.6 Å². The van der Waals surface area contributed by atoms with E-state index >= 15 is 0 Å². The van der Waals surface area contributed by atoms with Crippen molar-refractivity contribution in [2.24, 2.45) is 0 Å². The van der Waals surface area contributed by atoms with Crippen LogP contribution < -0.4 is 18.5 Å². The van der Waals surface area contributed by atoms with Crippen LogP contribution in [0.4, 0.5) is 10.6 Å². The van der Waals surface area contributed by atoms with Gasteiger partial charge < -0.3 is 33.2 Å². The average molecular weight is 956 g/mol. The Kier molecular flexibility index (Phi) is 19.0. The first-order chi connectivity index (χ1) is 32.0. The van der Waals surface area contributed by atoms with Gasteiger partial charge in [0.15, 0.2) is 29.9 Å². The van der Waals surface area contributed by atoms with E-state index < -0.39 is 51.2 Å². The fourth-order valence-electron chi connectivity index (χ4n) is 5.61. The van der Waals surface area contributed by atoms with E-state index in [1.807, 2.05) is 20.8 Å². The molecular formula is C42H49N7O17S. The lowest BCUT2D eigenvalue weighted by atomic mass is 9.87. The van der Waals surface area contributed by atoms with Crippen molar-refractivity contribution in [1.82, 2.24) is 30.7 Å². The summed E-state index contributed by atoms with van der Waals surface area (Å²) in [4.78, 5) is 52.2. The molecule has 0 aliphatic heterocycles. The summed E-state index contributed by atoms with van der Waals surface area (Å²) in [5, 5.41) is 33.9. The first-order valence-electron chi connectivity index (χ1n) is 20.0. The molecule has 25 heteroatoms. The number of esters is 1. The number of hydrogen-bond acceptors (Lipinski definition) is 23. The molecule has 2 heterocycles. The van der Waals surface area contributed by atoms with Crippen LogP contribution in [-0.2, 0) is 61.9 Å². The van der Waals surface area contributed by atoms with Crippen LogP contribution in [0.3, 0.4) is 0 Å². The topological polar surface area (TPSA) is 294 Å². The van der Waals surface area contributed by atoms with E-state index in [0.29, 0.717) is 15.4 Å². The van der Waals surface area contributed by atoms with Gasteiger partial charge in [-0.1, -0.05) is 69.3 Å². The minimum Gasteiger partial charge on any atom is -0.493 e. The van der Waals surface area contributed by atoms with Gasteiger partial charge in [0.2, 0.25) is 11.6 Å². The normalized spacial score (nSPS) is 11.6. The van der Waals surface area contributed by atoms with Gasteiger partial charge in [0.1, 0.15) is 19.8 Å². The van der Waals surface area contributed by atoms with E-state index in [0.717, 1.165) is 5.56 Å². The number of benzene rings is 3. The molecule has 0 bridgehead atoms. The van der Waals surface area contributed by atoms with Crippen molar-refractivity contribution in [3.8, 4) is 34.8 Å². The molecule has 24 nitrogen and oxygen atoms in total. The Morgan fingerprint density at radius 3 is 1.99 bits per heavy atom. The van der Waals surface area contributed by atoms with Crippen LogP contribution in [0.15, 0.2) is 96.2 Å². The fourth-order valence-corrected chi connectivity index (χ4v) is 6.89. The molecule has 0 aliphatic rings. The number of aromatic nitrogens is 4. The lowest BCUT2D eigenvalue weighted by Gasteiger charge is -2.26.